The van der Waals surface area contributed by atoms with E-state index in [-0.39, 0.29) is 24.4 Å². The molecule has 0 saturated carbocycles. The lowest BCUT2D eigenvalue weighted by atomic mass is 10.0. The van der Waals surface area contributed by atoms with E-state index >= 15 is 0 Å². The Kier molecular flexibility index (Phi) is 11.2. The Labute approximate surface area is 228 Å². The molecule has 2 atom stereocenters. The number of carbonyl (C=O) groups excluding carboxylic acids is 2. The maximum atomic E-state index is 13.7. The van der Waals surface area contributed by atoms with Gasteiger partial charge in [0.25, 0.3) is 0 Å². The fourth-order valence-electron chi connectivity index (χ4n) is 3.75. The zero-order valence-electron chi connectivity index (χ0n) is 20.6. The molecule has 0 fully saturated rings. The molecule has 7 heteroatoms. The van der Waals surface area contributed by atoms with E-state index in [9.17, 15) is 9.59 Å². The van der Waals surface area contributed by atoms with Crippen LogP contribution in [-0.4, -0.2) is 34.6 Å². The molecule has 0 spiro atoms. The Bertz CT molecular complexity index is 1130. The number of thioether (sulfide) groups is 1. The van der Waals surface area contributed by atoms with Gasteiger partial charge in [0.05, 0.1) is 10.0 Å². The summed E-state index contributed by atoms with van der Waals surface area (Å²) in [5, 5.41) is 3.96. The van der Waals surface area contributed by atoms with E-state index in [0.29, 0.717) is 28.6 Å². The van der Waals surface area contributed by atoms with E-state index in [4.69, 9.17) is 23.2 Å². The summed E-state index contributed by atoms with van der Waals surface area (Å²) in [6.07, 6.45) is 1.53. The summed E-state index contributed by atoms with van der Waals surface area (Å²) in [6, 6.07) is 24.5. The predicted molar refractivity (Wildman–Crippen MR) is 151 cm³/mol. The van der Waals surface area contributed by atoms with Gasteiger partial charge in [-0.05, 0) is 48.7 Å². The van der Waals surface area contributed by atoms with E-state index in [1.165, 1.54) is 0 Å². The predicted octanol–water partition coefficient (Wildman–Crippen LogP) is 7.03. The van der Waals surface area contributed by atoms with Gasteiger partial charge in [-0.1, -0.05) is 84.7 Å². The summed E-state index contributed by atoms with van der Waals surface area (Å²) in [4.78, 5) is 30.0. The number of nitrogens with one attached hydrogen (secondary N) is 1. The first-order chi connectivity index (χ1) is 17.4. The third kappa shape index (κ3) is 8.58. The molecule has 2 amide bonds. The van der Waals surface area contributed by atoms with Crippen LogP contribution >= 0.6 is 35.0 Å². The molecule has 0 bridgehead atoms. The van der Waals surface area contributed by atoms with Gasteiger partial charge in [0, 0.05) is 36.1 Å². The summed E-state index contributed by atoms with van der Waals surface area (Å²) in [6.45, 7) is 4.26. The van der Waals surface area contributed by atoms with Crippen LogP contribution in [-0.2, 0) is 22.6 Å². The number of carbonyl (C=O) groups is 2. The Morgan fingerprint density at radius 3 is 2.22 bits per heavy atom. The maximum Gasteiger partial charge on any atom is 0.243 e. The van der Waals surface area contributed by atoms with Crippen molar-refractivity contribution in [2.75, 3.05) is 5.75 Å². The van der Waals surface area contributed by atoms with Crippen LogP contribution < -0.4 is 5.32 Å². The fourth-order valence-corrected chi connectivity index (χ4v) is 4.93. The van der Waals surface area contributed by atoms with Crippen LogP contribution in [0.4, 0.5) is 0 Å². The van der Waals surface area contributed by atoms with Crippen molar-refractivity contribution in [2.45, 2.75) is 56.6 Å². The second-order valence-electron chi connectivity index (χ2n) is 8.71. The Morgan fingerprint density at radius 1 is 0.917 bits per heavy atom. The summed E-state index contributed by atoms with van der Waals surface area (Å²) in [5.74, 6) is 0.383. The van der Waals surface area contributed by atoms with Crippen LogP contribution in [0.25, 0.3) is 0 Å². The van der Waals surface area contributed by atoms with Crippen molar-refractivity contribution in [2.24, 2.45) is 0 Å². The highest BCUT2D eigenvalue weighted by atomic mass is 35.5. The number of hydrogen-bond donors (Lipinski definition) is 1. The molecular formula is C29H32Cl2N2O2S. The first-order valence-electron chi connectivity index (χ1n) is 12.1. The van der Waals surface area contributed by atoms with Crippen molar-refractivity contribution < 1.29 is 9.59 Å². The molecule has 0 unspecified atom stereocenters. The number of halogens is 2. The van der Waals surface area contributed by atoms with E-state index in [2.05, 4.69) is 5.32 Å². The molecule has 0 heterocycles. The molecule has 0 aliphatic rings. The van der Waals surface area contributed by atoms with Crippen molar-refractivity contribution in [1.29, 1.82) is 0 Å². The third-order valence-corrected chi connectivity index (χ3v) is 7.69. The van der Waals surface area contributed by atoms with Crippen molar-refractivity contribution in [3.05, 3.63) is 100 Å². The smallest absolute Gasteiger partial charge is 0.243 e. The topological polar surface area (TPSA) is 49.4 Å². The number of amides is 2. The minimum absolute atomic E-state index is 0.00587. The van der Waals surface area contributed by atoms with Gasteiger partial charge >= 0.3 is 0 Å². The van der Waals surface area contributed by atoms with Crippen molar-refractivity contribution in [1.82, 2.24) is 10.2 Å². The Balaban J connectivity index is 1.88. The zero-order valence-corrected chi connectivity index (χ0v) is 23.0. The van der Waals surface area contributed by atoms with Crippen LogP contribution in [0, 0.1) is 0 Å². The summed E-state index contributed by atoms with van der Waals surface area (Å²) < 4.78 is 0. The van der Waals surface area contributed by atoms with Crippen LogP contribution in [0.15, 0.2) is 83.8 Å². The van der Waals surface area contributed by atoms with Gasteiger partial charge in [0.15, 0.2) is 0 Å². The molecule has 36 heavy (non-hydrogen) atoms. The summed E-state index contributed by atoms with van der Waals surface area (Å²) >= 11 is 14.0. The molecule has 0 radical (unpaired) electrons. The molecule has 0 aromatic heterocycles. The van der Waals surface area contributed by atoms with Crippen molar-refractivity contribution >= 4 is 46.8 Å². The number of rotatable bonds is 12. The molecule has 0 aliphatic carbocycles. The second kappa shape index (κ2) is 14.3. The van der Waals surface area contributed by atoms with Crippen LogP contribution in [0.5, 0.6) is 0 Å². The molecule has 0 saturated heterocycles. The highest BCUT2D eigenvalue weighted by Gasteiger charge is 2.30. The Morgan fingerprint density at radius 2 is 1.58 bits per heavy atom. The van der Waals surface area contributed by atoms with Crippen molar-refractivity contribution in [3.63, 3.8) is 0 Å². The highest BCUT2D eigenvalue weighted by Crippen LogP contribution is 2.25. The molecule has 3 aromatic carbocycles. The normalized spacial score (nSPS) is 12.6. The van der Waals surface area contributed by atoms with Crippen LogP contribution in [0.3, 0.4) is 0 Å². The average molecular weight is 544 g/mol. The maximum absolute atomic E-state index is 13.7. The van der Waals surface area contributed by atoms with E-state index in [0.717, 1.165) is 22.4 Å². The monoisotopic (exact) mass is 542 g/mol. The van der Waals surface area contributed by atoms with Gasteiger partial charge in [-0.3, -0.25) is 9.59 Å². The lowest BCUT2D eigenvalue weighted by molar-refractivity contribution is -0.141. The van der Waals surface area contributed by atoms with Crippen LogP contribution in [0.2, 0.25) is 10.0 Å². The van der Waals surface area contributed by atoms with Gasteiger partial charge in [-0.25, -0.2) is 0 Å². The van der Waals surface area contributed by atoms with Crippen molar-refractivity contribution in [3.8, 4) is 0 Å². The number of benzene rings is 3. The number of nitrogens with zero attached hydrogens (tertiary/aromatic N) is 1. The van der Waals surface area contributed by atoms with E-state index < -0.39 is 6.04 Å². The quantitative estimate of drug-likeness (QED) is 0.250. The first kappa shape index (κ1) is 28.1. The lowest BCUT2D eigenvalue weighted by Crippen LogP contribution is -2.52. The fraction of sp³-hybridized carbons (Fsp3) is 0.310. The minimum Gasteiger partial charge on any atom is -0.352 e. The molecule has 3 aromatic rings. The van der Waals surface area contributed by atoms with Gasteiger partial charge < -0.3 is 10.2 Å². The highest BCUT2D eigenvalue weighted by molar-refractivity contribution is 7.99. The average Bonchev–Trinajstić information content (AvgIpc) is 2.89. The Hall–Kier alpha value is -2.47. The molecule has 1 N–H and O–H groups in total. The minimum atomic E-state index is -0.662. The van der Waals surface area contributed by atoms with E-state index in [1.807, 2.05) is 80.6 Å². The van der Waals surface area contributed by atoms with Gasteiger partial charge in [-0.2, -0.15) is 0 Å². The van der Waals surface area contributed by atoms with E-state index in [1.54, 1.807) is 28.8 Å². The largest absolute Gasteiger partial charge is 0.352 e. The standard InChI is InChI=1S/C29H32Cl2N2O2S/c1-3-21(2)32-29(35)27(19-22-10-6-4-7-11-22)33(20-23-14-15-25(30)26(31)18-23)28(34)16-17-36-24-12-8-5-9-13-24/h4-15,18,21,27H,3,16-17,19-20H2,1-2H3,(H,32,35)/t21-,27+/m0/s1. The lowest BCUT2D eigenvalue weighted by Gasteiger charge is -2.32. The third-order valence-electron chi connectivity index (χ3n) is 5.94. The first-order valence-corrected chi connectivity index (χ1v) is 13.9. The zero-order chi connectivity index (χ0) is 25.9. The summed E-state index contributed by atoms with van der Waals surface area (Å²) in [5.41, 5.74) is 1.82. The molecule has 0 aliphatic heterocycles. The van der Waals surface area contributed by atoms with Crippen LogP contribution in [0.1, 0.15) is 37.8 Å². The number of hydrogen-bond acceptors (Lipinski definition) is 3. The molecule has 4 nitrogen and oxygen atoms in total. The summed E-state index contributed by atoms with van der Waals surface area (Å²) in [7, 11) is 0. The van der Waals surface area contributed by atoms with Gasteiger partial charge in [-0.15, -0.1) is 11.8 Å². The SMILES string of the molecule is CC[C@H](C)NC(=O)[C@@H](Cc1ccccc1)N(Cc1ccc(Cl)c(Cl)c1)C(=O)CCSc1ccccc1. The molecular weight excluding hydrogens is 511 g/mol. The van der Waals surface area contributed by atoms with Gasteiger partial charge in [0.1, 0.15) is 6.04 Å². The second-order valence-corrected chi connectivity index (χ2v) is 10.7. The van der Waals surface area contributed by atoms with Gasteiger partial charge in [0.2, 0.25) is 11.8 Å². The molecule has 3 rings (SSSR count). The molecule has 190 valence electrons.